The van der Waals surface area contributed by atoms with E-state index in [4.69, 9.17) is 0 Å². The Morgan fingerprint density at radius 1 is 1.39 bits per heavy atom. The Hall–Kier alpha value is -1.06. The molecule has 0 aromatic heterocycles. The predicted octanol–water partition coefficient (Wildman–Crippen LogP) is 1.40. The highest BCUT2D eigenvalue weighted by Crippen LogP contribution is 2.52. The SMILES string of the molecule is CC(C)C1NC(=O)C(C)N(CC2CC2(C)C)C1=O. The van der Waals surface area contributed by atoms with Crippen LogP contribution in [-0.4, -0.2) is 35.3 Å². The van der Waals surface area contributed by atoms with E-state index in [9.17, 15) is 9.59 Å². The summed E-state index contributed by atoms with van der Waals surface area (Å²) in [5.74, 6) is 0.748. The molecular formula is C14H24N2O2. The number of hydrogen-bond acceptors (Lipinski definition) is 2. The number of amides is 2. The van der Waals surface area contributed by atoms with E-state index in [1.807, 2.05) is 20.8 Å². The molecule has 102 valence electrons. The van der Waals surface area contributed by atoms with Crippen LogP contribution in [0.1, 0.15) is 41.0 Å². The molecule has 1 N–H and O–H groups in total. The van der Waals surface area contributed by atoms with Gasteiger partial charge in [-0.25, -0.2) is 0 Å². The largest absolute Gasteiger partial charge is 0.342 e. The van der Waals surface area contributed by atoms with Crippen molar-refractivity contribution >= 4 is 11.8 Å². The second kappa shape index (κ2) is 4.25. The second-order valence-corrected chi connectivity index (χ2v) is 6.79. The molecule has 2 aliphatic rings. The van der Waals surface area contributed by atoms with E-state index in [1.165, 1.54) is 0 Å². The minimum Gasteiger partial charge on any atom is -0.342 e. The Labute approximate surface area is 109 Å². The monoisotopic (exact) mass is 252 g/mol. The van der Waals surface area contributed by atoms with Crippen molar-refractivity contribution in [3.63, 3.8) is 0 Å². The molecule has 0 bridgehead atoms. The molecule has 18 heavy (non-hydrogen) atoms. The minimum absolute atomic E-state index is 0.0215. The zero-order chi connectivity index (χ0) is 13.7. The van der Waals surface area contributed by atoms with E-state index < -0.39 is 0 Å². The third-order valence-corrected chi connectivity index (χ3v) is 4.50. The van der Waals surface area contributed by atoms with E-state index in [0.29, 0.717) is 11.3 Å². The lowest BCUT2D eigenvalue weighted by Gasteiger charge is -2.39. The predicted molar refractivity (Wildman–Crippen MR) is 69.8 cm³/mol. The summed E-state index contributed by atoms with van der Waals surface area (Å²) in [5.41, 5.74) is 0.335. The maximum atomic E-state index is 12.4. The van der Waals surface area contributed by atoms with Gasteiger partial charge in [0.15, 0.2) is 0 Å². The fourth-order valence-electron chi connectivity index (χ4n) is 2.67. The first kappa shape index (κ1) is 13.4. The maximum Gasteiger partial charge on any atom is 0.246 e. The highest BCUT2D eigenvalue weighted by molar-refractivity contribution is 5.96. The molecule has 2 amide bonds. The van der Waals surface area contributed by atoms with Gasteiger partial charge in [0.2, 0.25) is 11.8 Å². The van der Waals surface area contributed by atoms with Crippen molar-refractivity contribution in [1.29, 1.82) is 0 Å². The number of nitrogens with zero attached hydrogens (tertiary/aromatic N) is 1. The standard InChI is InChI=1S/C14H24N2O2/c1-8(2)11-13(18)16(9(3)12(17)15-11)7-10-6-14(10,4)5/h8-11H,6-7H2,1-5H3,(H,15,17). The van der Waals surface area contributed by atoms with Gasteiger partial charge in [0.1, 0.15) is 12.1 Å². The molecule has 0 radical (unpaired) electrons. The summed E-state index contributed by atoms with van der Waals surface area (Å²) >= 11 is 0. The number of carbonyl (C=O) groups excluding carboxylic acids is 2. The van der Waals surface area contributed by atoms with Gasteiger partial charge in [0.25, 0.3) is 0 Å². The van der Waals surface area contributed by atoms with Crippen molar-refractivity contribution in [2.75, 3.05) is 6.54 Å². The second-order valence-electron chi connectivity index (χ2n) is 6.79. The molecule has 0 aromatic rings. The van der Waals surface area contributed by atoms with Crippen LogP contribution in [-0.2, 0) is 9.59 Å². The van der Waals surface area contributed by atoms with Gasteiger partial charge in [-0.1, -0.05) is 27.7 Å². The number of rotatable bonds is 3. The Bertz CT molecular complexity index is 376. The van der Waals surface area contributed by atoms with E-state index in [2.05, 4.69) is 19.2 Å². The molecular weight excluding hydrogens is 228 g/mol. The lowest BCUT2D eigenvalue weighted by atomic mass is 9.97. The average molecular weight is 252 g/mol. The normalized spacial score (nSPS) is 34.8. The highest BCUT2D eigenvalue weighted by atomic mass is 16.2. The van der Waals surface area contributed by atoms with E-state index in [1.54, 1.807) is 4.90 Å². The Kier molecular flexibility index (Phi) is 3.16. The van der Waals surface area contributed by atoms with Gasteiger partial charge in [-0.3, -0.25) is 9.59 Å². The topological polar surface area (TPSA) is 49.4 Å². The van der Waals surface area contributed by atoms with Crippen molar-refractivity contribution in [3.05, 3.63) is 0 Å². The van der Waals surface area contributed by atoms with Crippen LogP contribution < -0.4 is 5.32 Å². The van der Waals surface area contributed by atoms with E-state index >= 15 is 0 Å². The molecule has 3 unspecified atom stereocenters. The molecule has 0 spiro atoms. The van der Waals surface area contributed by atoms with Crippen molar-refractivity contribution in [3.8, 4) is 0 Å². The number of piperazine rings is 1. The highest BCUT2D eigenvalue weighted by Gasteiger charge is 2.49. The average Bonchev–Trinajstić information content (AvgIpc) is 2.86. The summed E-state index contributed by atoms with van der Waals surface area (Å²) < 4.78 is 0. The molecule has 2 rings (SSSR count). The van der Waals surface area contributed by atoms with Crippen LogP contribution in [0.25, 0.3) is 0 Å². The van der Waals surface area contributed by atoms with Crippen LogP contribution in [0.4, 0.5) is 0 Å². The molecule has 1 saturated heterocycles. The molecule has 2 fully saturated rings. The van der Waals surface area contributed by atoms with Gasteiger partial charge in [-0.05, 0) is 30.6 Å². The number of nitrogens with one attached hydrogen (secondary N) is 1. The first-order valence-corrected chi connectivity index (χ1v) is 6.85. The number of hydrogen-bond donors (Lipinski definition) is 1. The van der Waals surface area contributed by atoms with Gasteiger partial charge in [-0.15, -0.1) is 0 Å². The molecule has 3 atom stereocenters. The molecule has 4 heteroatoms. The minimum atomic E-state index is -0.351. The fraction of sp³-hybridized carbons (Fsp3) is 0.857. The zero-order valence-corrected chi connectivity index (χ0v) is 12.0. The van der Waals surface area contributed by atoms with Gasteiger partial charge in [0.05, 0.1) is 0 Å². The zero-order valence-electron chi connectivity index (χ0n) is 12.0. The first-order chi connectivity index (χ1) is 8.24. The molecule has 1 heterocycles. The Morgan fingerprint density at radius 2 is 1.94 bits per heavy atom. The van der Waals surface area contributed by atoms with Crippen LogP contribution in [0.3, 0.4) is 0 Å². The molecule has 0 aromatic carbocycles. The summed E-state index contributed by atoms with van der Waals surface area (Å²) in [4.78, 5) is 26.1. The van der Waals surface area contributed by atoms with E-state index in [0.717, 1.165) is 13.0 Å². The third kappa shape index (κ3) is 2.25. The summed E-state index contributed by atoms with van der Waals surface area (Å²) in [5, 5.41) is 2.83. The van der Waals surface area contributed by atoms with Crippen molar-refractivity contribution in [2.45, 2.75) is 53.1 Å². The lowest BCUT2D eigenvalue weighted by Crippen LogP contribution is -2.64. The number of carbonyl (C=O) groups is 2. The summed E-state index contributed by atoms with van der Waals surface area (Å²) in [6.45, 7) is 10.9. The smallest absolute Gasteiger partial charge is 0.246 e. The third-order valence-electron chi connectivity index (χ3n) is 4.50. The molecule has 1 saturated carbocycles. The molecule has 4 nitrogen and oxygen atoms in total. The van der Waals surface area contributed by atoms with Crippen molar-refractivity contribution in [2.24, 2.45) is 17.3 Å². The van der Waals surface area contributed by atoms with Gasteiger partial charge in [-0.2, -0.15) is 0 Å². The van der Waals surface area contributed by atoms with Crippen LogP contribution in [0.5, 0.6) is 0 Å². The quantitative estimate of drug-likeness (QED) is 0.825. The maximum absolute atomic E-state index is 12.4. The van der Waals surface area contributed by atoms with Crippen LogP contribution in [0.15, 0.2) is 0 Å². The Balaban J connectivity index is 2.10. The summed E-state index contributed by atoms with van der Waals surface area (Å²) in [6.07, 6.45) is 1.15. The first-order valence-electron chi connectivity index (χ1n) is 6.85. The van der Waals surface area contributed by atoms with Crippen molar-refractivity contribution < 1.29 is 9.59 Å². The summed E-state index contributed by atoms with van der Waals surface area (Å²) in [7, 11) is 0. The summed E-state index contributed by atoms with van der Waals surface area (Å²) in [6, 6.07) is -0.681. The Morgan fingerprint density at radius 3 is 2.39 bits per heavy atom. The van der Waals surface area contributed by atoms with E-state index in [-0.39, 0.29) is 29.8 Å². The molecule has 1 aliphatic heterocycles. The van der Waals surface area contributed by atoms with Crippen LogP contribution >= 0.6 is 0 Å². The lowest BCUT2D eigenvalue weighted by molar-refractivity contribution is -0.150. The van der Waals surface area contributed by atoms with Gasteiger partial charge < -0.3 is 10.2 Å². The van der Waals surface area contributed by atoms with Crippen LogP contribution in [0.2, 0.25) is 0 Å². The molecule has 1 aliphatic carbocycles. The fourth-order valence-corrected chi connectivity index (χ4v) is 2.67. The van der Waals surface area contributed by atoms with Crippen molar-refractivity contribution in [1.82, 2.24) is 10.2 Å². The van der Waals surface area contributed by atoms with Crippen LogP contribution in [0, 0.1) is 17.3 Å². The van der Waals surface area contributed by atoms with Gasteiger partial charge >= 0.3 is 0 Å². The van der Waals surface area contributed by atoms with Gasteiger partial charge in [0, 0.05) is 6.54 Å².